The van der Waals surface area contributed by atoms with E-state index in [0.29, 0.717) is 0 Å². The Hall–Kier alpha value is -7.16. The fraction of sp³-hybridized carbons (Fsp3) is 0.212. The molecule has 0 aliphatic carbocycles. The van der Waals surface area contributed by atoms with Crippen LogP contribution in [0.3, 0.4) is 0 Å². The fourth-order valence-electron chi connectivity index (χ4n) is 10.0. The summed E-state index contributed by atoms with van der Waals surface area (Å²) in [5.41, 5.74) is 27.0. The summed E-state index contributed by atoms with van der Waals surface area (Å²) in [5.74, 6) is 0. The molecule has 0 radical (unpaired) electrons. The molecule has 68 heavy (non-hydrogen) atoms. The summed E-state index contributed by atoms with van der Waals surface area (Å²) in [4.78, 5) is 10.1. The maximum Gasteiger partial charge on any atom is 0.0702 e. The second-order valence-corrected chi connectivity index (χ2v) is 21.2. The maximum atomic E-state index is 5.07. The molecule has 0 fully saturated rings. The van der Waals surface area contributed by atoms with Gasteiger partial charge in [0.1, 0.15) is 0 Å². The number of pyridine rings is 2. The van der Waals surface area contributed by atoms with Crippen LogP contribution in [0.15, 0.2) is 182 Å². The fourth-order valence-corrected chi connectivity index (χ4v) is 10.0. The zero-order valence-corrected chi connectivity index (χ0v) is 41.6. The molecule has 0 amide bonds. The van der Waals surface area contributed by atoms with Gasteiger partial charge in [-0.3, -0.25) is 9.97 Å². The van der Waals surface area contributed by atoms with Crippen LogP contribution in [0.4, 0.5) is 0 Å². The largest absolute Gasteiger partial charge is 0.256 e. The number of hydrogen-bond donors (Lipinski definition) is 0. The Morgan fingerprint density at radius 1 is 0.309 bits per heavy atom. The van der Waals surface area contributed by atoms with Crippen molar-refractivity contribution in [3.63, 3.8) is 0 Å². The molecule has 0 spiro atoms. The van der Waals surface area contributed by atoms with Crippen LogP contribution in [0.25, 0.3) is 89.3 Å². The number of nitrogens with zero attached hydrogens (tertiary/aromatic N) is 2. The monoisotopic (exact) mass is 885 g/mol. The molecule has 7 aromatic carbocycles. The third-order valence-electron chi connectivity index (χ3n) is 13.5. The van der Waals surface area contributed by atoms with Crippen LogP contribution in [-0.2, 0) is 12.8 Å². The number of rotatable bonds is 10. The summed E-state index contributed by atoms with van der Waals surface area (Å²) in [6.07, 6.45) is 6.20. The summed E-state index contributed by atoms with van der Waals surface area (Å²) in [7, 11) is 0. The zero-order chi connectivity index (χ0) is 47.7. The van der Waals surface area contributed by atoms with E-state index in [1.54, 1.807) is 0 Å². The Balaban J connectivity index is 0.986. The predicted molar refractivity (Wildman–Crippen MR) is 291 cm³/mol. The van der Waals surface area contributed by atoms with Crippen LogP contribution in [0.2, 0.25) is 0 Å². The molecule has 9 rings (SSSR count). The van der Waals surface area contributed by atoms with Crippen LogP contribution in [0.1, 0.15) is 74.9 Å². The first kappa shape index (κ1) is 46.0. The molecule has 0 N–H and O–H groups in total. The van der Waals surface area contributed by atoms with Crippen molar-refractivity contribution < 1.29 is 0 Å². The third kappa shape index (κ3) is 9.92. The van der Waals surface area contributed by atoms with Crippen LogP contribution >= 0.6 is 0 Å². The van der Waals surface area contributed by atoms with E-state index < -0.39 is 0 Å². The molecule has 0 atom stereocenters. The molecule has 0 saturated carbocycles. The Kier molecular flexibility index (Phi) is 12.7. The molecular weight excluding hydrogens is 821 g/mol. The van der Waals surface area contributed by atoms with Crippen molar-refractivity contribution in [3.05, 3.63) is 216 Å². The molecule has 0 aliphatic heterocycles. The van der Waals surface area contributed by atoms with Gasteiger partial charge in [-0.15, -0.1) is 0 Å². The Labute approximate surface area is 405 Å². The Bertz CT molecular complexity index is 2980. The number of benzene rings is 7. The molecule has 0 aliphatic rings. The van der Waals surface area contributed by atoms with E-state index in [4.69, 9.17) is 9.97 Å². The highest BCUT2D eigenvalue weighted by Crippen LogP contribution is 2.45. The van der Waals surface area contributed by atoms with Gasteiger partial charge < -0.3 is 0 Å². The summed E-state index contributed by atoms with van der Waals surface area (Å²) >= 11 is 0. The van der Waals surface area contributed by atoms with Crippen LogP contribution in [0.5, 0.6) is 0 Å². The van der Waals surface area contributed by atoms with E-state index in [0.717, 1.165) is 46.5 Å². The highest BCUT2D eigenvalue weighted by molar-refractivity contribution is 5.93. The van der Waals surface area contributed by atoms with E-state index in [-0.39, 0.29) is 10.8 Å². The van der Waals surface area contributed by atoms with Gasteiger partial charge in [-0.05, 0) is 165 Å². The van der Waals surface area contributed by atoms with Gasteiger partial charge >= 0.3 is 0 Å². The molecule has 2 heteroatoms. The van der Waals surface area contributed by atoms with E-state index in [9.17, 15) is 0 Å². The first-order valence-corrected chi connectivity index (χ1v) is 24.2. The van der Waals surface area contributed by atoms with Crippen molar-refractivity contribution in [1.82, 2.24) is 9.97 Å². The lowest BCUT2D eigenvalue weighted by atomic mass is 9.80. The van der Waals surface area contributed by atoms with Crippen molar-refractivity contribution in [3.8, 4) is 89.3 Å². The lowest BCUT2D eigenvalue weighted by Gasteiger charge is -2.24. The molecule has 2 aromatic heterocycles. The SMILES string of the molecule is Cc1c(C)c(-c2ccccc2-c2ccc(-c3cccc(-c4ccc(CC(C)(C)C)cc4)c3)nc2)c(C)c(C)c1-c1ccccc1-c1ccc(-c2cccc(-c3ccc(CC(C)(C)C)cc3)c2)nc1. The lowest BCUT2D eigenvalue weighted by molar-refractivity contribution is 0.411. The molecule has 9 aromatic rings. The zero-order valence-electron chi connectivity index (χ0n) is 41.6. The van der Waals surface area contributed by atoms with Gasteiger partial charge in [0, 0.05) is 34.6 Å². The van der Waals surface area contributed by atoms with Gasteiger partial charge in [-0.25, -0.2) is 0 Å². The molecule has 0 bridgehead atoms. The first-order chi connectivity index (χ1) is 32.6. The van der Waals surface area contributed by atoms with Crippen molar-refractivity contribution in [2.24, 2.45) is 10.8 Å². The quantitative estimate of drug-likeness (QED) is 0.137. The van der Waals surface area contributed by atoms with Gasteiger partial charge in [0.15, 0.2) is 0 Å². The summed E-state index contributed by atoms with van der Waals surface area (Å²) in [5, 5.41) is 0. The molecule has 2 nitrogen and oxygen atoms in total. The molecule has 2 heterocycles. The van der Waals surface area contributed by atoms with Gasteiger partial charge in [0.05, 0.1) is 11.4 Å². The van der Waals surface area contributed by atoms with Crippen molar-refractivity contribution >= 4 is 0 Å². The number of aromatic nitrogens is 2. The topological polar surface area (TPSA) is 25.8 Å². The van der Waals surface area contributed by atoms with Gasteiger partial charge in [-0.1, -0.05) is 187 Å². The van der Waals surface area contributed by atoms with Crippen LogP contribution < -0.4 is 0 Å². The minimum absolute atomic E-state index is 0.261. The van der Waals surface area contributed by atoms with E-state index in [1.807, 2.05) is 12.4 Å². The second-order valence-electron chi connectivity index (χ2n) is 21.2. The van der Waals surface area contributed by atoms with Crippen molar-refractivity contribution in [1.29, 1.82) is 0 Å². The van der Waals surface area contributed by atoms with Gasteiger partial charge in [-0.2, -0.15) is 0 Å². The van der Waals surface area contributed by atoms with E-state index >= 15 is 0 Å². The van der Waals surface area contributed by atoms with Crippen LogP contribution in [-0.4, -0.2) is 9.97 Å². The first-order valence-electron chi connectivity index (χ1n) is 24.2. The molecular formula is C66H64N2. The highest BCUT2D eigenvalue weighted by Gasteiger charge is 2.22. The minimum Gasteiger partial charge on any atom is -0.256 e. The summed E-state index contributed by atoms with van der Waals surface area (Å²) < 4.78 is 0. The maximum absolute atomic E-state index is 5.07. The van der Waals surface area contributed by atoms with E-state index in [1.165, 1.54) is 89.0 Å². The van der Waals surface area contributed by atoms with Crippen molar-refractivity contribution in [2.75, 3.05) is 0 Å². The van der Waals surface area contributed by atoms with E-state index in [2.05, 4.69) is 239 Å². The molecule has 0 unspecified atom stereocenters. The standard InChI is InChI=1S/C66H64N2/c1-43-44(2)64(60-24-14-12-22-58(60)56-34-36-62(68-42-56)54-20-16-18-52(38-54)50-31-27-48(28-32-50)40-66(8,9)10)46(4)45(3)63(43)59-23-13-11-21-57(59)55-33-35-61(67-41-55)53-19-15-17-51(37-53)49-29-25-47(26-30-49)39-65(5,6)7/h11-38,41-42H,39-40H2,1-10H3. The Morgan fingerprint density at radius 3 is 0.956 bits per heavy atom. The van der Waals surface area contributed by atoms with Gasteiger partial charge in [0.25, 0.3) is 0 Å². The second kappa shape index (κ2) is 18.8. The third-order valence-corrected chi connectivity index (χ3v) is 13.5. The van der Waals surface area contributed by atoms with Gasteiger partial charge in [0.2, 0.25) is 0 Å². The summed E-state index contributed by atoms with van der Waals surface area (Å²) in [6, 6.07) is 61.9. The summed E-state index contributed by atoms with van der Waals surface area (Å²) in [6.45, 7) is 22.9. The smallest absolute Gasteiger partial charge is 0.0702 e. The molecule has 338 valence electrons. The normalized spacial score (nSPS) is 11.8. The lowest BCUT2D eigenvalue weighted by Crippen LogP contribution is -2.08. The average molecular weight is 885 g/mol. The average Bonchev–Trinajstić information content (AvgIpc) is 3.33. The minimum atomic E-state index is 0.261. The number of hydrogen-bond acceptors (Lipinski definition) is 2. The Morgan fingerprint density at radius 2 is 0.632 bits per heavy atom. The highest BCUT2D eigenvalue weighted by atomic mass is 14.7. The van der Waals surface area contributed by atoms with Crippen LogP contribution in [0, 0.1) is 38.5 Å². The molecule has 0 saturated heterocycles. The van der Waals surface area contributed by atoms with Crippen molar-refractivity contribution in [2.45, 2.75) is 82.1 Å². The predicted octanol–water partition coefficient (Wildman–Crippen LogP) is 18.2.